The van der Waals surface area contributed by atoms with Crippen molar-refractivity contribution in [1.29, 1.82) is 0 Å². The molecule has 1 unspecified atom stereocenters. The van der Waals surface area contributed by atoms with E-state index in [0.29, 0.717) is 31.8 Å². The van der Waals surface area contributed by atoms with Crippen molar-refractivity contribution in [3.05, 3.63) is 0 Å². The van der Waals surface area contributed by atoms with Crippen molar-refractivity contribution in [1.82, 2.24) is 0 Å². The molecule has 0 heterocycles. The van der Waals surface area contributed by atoms with E-state index in [1.807, 2.05) is 0 Å². The molecule has 0 aliphatic carbocycles. The number of ether oxygens (including phenoxy) is 2. The van der Waals surface area contributed by atoms with Crippen LogP contribution in [0.5, 0.6) is 0 Å². The maximum Gasteiger partial charge on any atom is 0.0704 e. The summed E-state index contributed by atoms with van der Waals surface area (Å²) in [4.78, 5) is 0. The zero-order valence-electron chi connectivity index (χ0n) is 10.4. The lowest BCUT2D eigenvalue weighted by atomic mass is 10.0. The van der Waals surface area contributed by atoms with Crippen LogP contribution < -0.4 is 0 Å². The predicted octanol–water partition coefficient (Wildman–Crippen LogP) is 2.23. The van der Waals surface area contributed by atoms with E-state index in [0.717, 1.165) is 6.42 Å². The third kappa shape index (κ3) is 8.85. The van der Waals surface area contributed by atoms with Crippen LogP contribution in [-0.2, 0) is 9.47 Å². The maximum atomic E-state index is 8.51. The van der Waals surface area contributed by atoms with Gasteiger partial charge in [0, 0.05) is 0 Å². The van der Waals surface area contributed by atoms with Gasteiger partial charge in [-0.3, -0.25) is 0 Å². The van der Waals surface area contributed by atoms with E-state index in [1.54, 1.807) is 0 Å². The molecule has 15 heavy (non-hydrogen) atoms. The number of aliphatic hydroxyl groups excluding tert-OH is 1. The Bertz CT molecular complexity index is 126. The second-order valence-corrected chi connectivity index (χ2v) is 4.13. The molecule has 0 aromatic carbocycles. The highest BCUT2D eigenvalue weighted by Gasteiger charge is 2.12. The lowest BCUT2D eigenvalue weighted by molar-refractivity contribution is -0.0238. The first-order valence-electron chi connectivity index (χ1n) is 6.02. The standard InChI is InChI=1S/C12H26O3/c1-4-5-6-12(11(2)3)15-10-9-14-8-7-13/h11-13H,4-10H2,1-3H3. The van der Waals surface area contributed by atoms with Crippen LogP contribution in [0, 0.1) is 5.92 Å². The van der Waals surface area contributed by atoms with E-state index in [1.165, 1.54) is 12.8 Å². The molecule has 3 nitrogen and oxygen atoms in total. The quantitative estimate of drug-likeness (QED) is 0.571. The minimum atomic E-state index is 0.0867. The van der Waals surface area contributed by atoms with E-state index in [-0.39, 0.29) is 6.61 Å². The van der Waals surface area contributed by atoms with Gasteiger partial charge in [-0.25, -0.2) is 0 Å². The van der Waals surface area contributed by atoms with E-state index < -0.39 is 0 Å². The van der Waals surface area contributed by atoms with Crippen molar-refractivity contribution >= 4 is 0 Å². The fraction of sp³-hybridized carbons (Fsp3) is 1.00. The van der Waals surface area contributed by atoms with Crippen molar-refractivity contribution < 1.29 is 14.6 Å². The smallest absolute Gasteiger partial charge is 0.0704 e. The monoisotopic (exact) mass is 218 g/mol. The molecule has 0 saturated carbocycles. The van der Waals surface area contributed by atoms with Gasteiger partial charge in [0.05, 0.1) is 32.5 Å². The molecule has 0 aromatic rings. The number of aliphatic hydroxyl groups is 1. The minimum Gasteiger partial charge on any atom is -0.394 e. The Hall–Kier alpha value is -0.120. The molecule has 0 saturated heterocycles. The number of hydrogen-bond donors (Lipinski definition) is 1. The van der Waals surface area contributed by atoms with Gasteiger partial charge in [0.25, 0.3) is 0 Å². The minimum absolute atomic E-state index is 0.0867. The third-order valence-electron chi connectivity index (χ3n) is 2.38. The zero-order valence-corrected chi connectivity index (χ0v) is 10.4. The number of rotatable bonds is 10. The second kappa shape index (κ2) is 10.4. The third-order valence-corrected chi connectivity index (χ3v) is 2.38. The Morgan fingerprint density at radius 2 is 1.87 bits per heavy atom. The summed E-state index contributed by atoms with van der Waals surface area (Å²) in [5.74, 6) is 0.564. The van der Waals surface area contributed by atoms with E-state index in [9.17, 15) is 0 Å². The summed E-state index contributed by atoms with van der Waals surface area (Å²) in [6.45, 7) is 8.28. The zero-order chi connectivity index (χ0) is 11.5. The summed E-state index contributed by atoms with van der Waals surface area (Å²) in [6, 6.07) is 0. The summed E-state index contributed by atoms with van der Waals surface area (Å²) in [5, 5.41) is 8.51. The van der Waals surface area contributed by atoms with Gasteiger partial charge in [-0.1, -0.05) is 33.6 Å². The fourth-order valence-electron chi connectivity index (χ4n) is 1.44. The van der Waals surface area contributed by atoms with E-state index in [4.69, 9.17) is 14.6 Å². The van der Waals surface area contributed by atoms with Crippen molar-refractivity contribution in [2.24, 2.45) is 5.92 Å². The van der Waals surface area contributed by atoms with Gasteiger partial charge in [-0.15, -0.1) is 0 Å². The molecule has 0 bridgehead atoms. The Balaban J connectivity index is 3.48. The molecule has 92 valence electrons. The highest BCUT2D eigenvalue weighted by Crippen LogP contribution is 2.13. The van der Waals surface area contributed by atoms with Crippen LogP contribution in [0.25, 0.3) is 0 Å². The van der Waals surface area contributed by atoms with Crippen molar-refractivity contribution in [3.8, 4) is 0 Å². The molecule has 0 fully saturated rings. The normalized spacial score (nSPS) is 13.4. The Labute approximate surface area is 93.8 Å². The van der Waals surface area contributed by atoms with Crippen LogP contribution in [-0.4, -0.2) is 37.6 Å². The average Bonchev–Trinajstić information content (AvgIpc) is 2.21. The molecule has 3 heteroatoms. The van der Waals surface area contributed by atoms with Crippen LogP contribution >= 0.6 is 0 Å². The predicted molar refractivity (Wildman–Crippen MR) is 62.0 cm³/mol. The first-order chi connectivity index (χ1) is 7.22. The summed E-state index contributed by atoms with van der Waals surface area (Å²) in [7, 11) is 0. The maximum absolute atomic E-state index is 8.51. The van der Waals surface area contributed by atoms with Gasteiger partial charge in [0.2, 0.25) is 0 Å². The highest BCUT2D eigenvalue weighted by atomic mass is 16.5. The molecule has 1 N–H and O–H groups in total. The molecular formula is C12H26O3. The molecule has 1 atom stereocenters. The van der Waals surface area contributed by atoms with Gasteiger partial charge in [0.1, 0.15) is 0 Å². The average molecular weight is 218 g/mol. The molecule has 0 aliphatic rings. The Morgan fingerprint density at radius 1 is 1.13 bits per heavy atom. The van der Waals surface area contributed by atoms with Crippen LogP contribution in [0.4, 0.5) is 0 Å². The summed E-state index contributed by atoms with van der Waals surface area (Å²) < 4.78 is 10.9. The van der Waals surface area contributed by atoms with Gasteiger partial charge >= 0.3 is 0 Å². The van der Waals surface area contributed by atoms with Crippen LogP contribution in [0.15, 0.2) is 0 Å². The number of unbranched alkanes of at least 4 members (excludes halogenated alkanes) is 1. The summed E-state index contributed by atoms with van der Waals surface area (Å²) in [6.07, 6.45) is 3.92. The molecule has 0 amide bonds. The highest BCUT2D eigenvalue weighted by molar-refractivity contribution is 4.62. The summed E-state index contributed by atoms with van der Waals surface area (Å²) in [5.41, 5.74) is 0. The van der Waals surface area contributed by atoms with Crippen molar-refractivity contribution in [2.45, 2.75) is 46.1 Å². The van der Waals surface area contributed by atoms with Crippen molar-refractivity contribution in [3.63, 3.8) is 0 Å². The van der Waals surface area contributed by atoms with Crippen LogP contribution in [0.3, 0.4) is 0 Å². The van der Waals surface area contributed by atoms with Crippen molar-refractivity contribution in [2.75, 3.05) is 26.4 Å². The molecular weight excluding hydrogens is 192 g/mol. The number of hydrogen-bond acceptors (Lipinski definition) is 3. The molecule has 0 spiro atoms. The first kappa shape index (κ1) is 14.9. The molecule has 0 aromatic heterocycles. The van der Waals surface area contributed by atoms with Gasteiger partial charge < -0.3 is 14.6 Å². The lowest BCUT2D eigenvalue weighted by Crippen LogP contribution is -2.22. The lowest BCUT2D eigenvalue weighted by Gasteiger charge is -2.21. The summed E-state index contributed by atoms with van der Waals surface area (Å²) >= 11 is 0. The molecule has 0 radical (unpaired) electrons. The van der Waals surface area contributed by atoms with Crippen LogP contribution in [0.2, 0.25) is 0 Å². The van der Waals surface area contributed by atoms with E-state index >= 15 is 0 Å². The Morgan fingerprint density at radius 3 is 2.40 bits per heavy atom. The topological polar surface area (TPSA) is 38.7 Å². The Kier molecular flexibility index (Phi) is 10.3. The van der Waals surface area contributed by atoms with Gasteiger partial charge in [0.15, 0.2) is 0 Å². The van der Waals surface area contributed by atoms with E-state index in [2.05, 4.69) is 20.8 Å². The largest absolute Gasteiger partial charge is 0.394 e. The van der Waals surface area contributed by atoms with Gasteiger partial charge in [-0.2, -0.15) is 0 Å². The first-order valence-corrected chi connectivity index (χ1v) is 6.02. The SMILES string of the molecule is CCCCC(OCCOCCO)C(C)C. The van der Waals surface area contributed by atoms with Gasteiger partial charge in [-0.05, 0) is 12.3 Å². The van der Waals surface area contributed by atoms with Crippen LogP contribution in [0.1, 0.15) is 40.0 Å². The molecule has 0 rings (SSSR count). The second-order valence-electron chi connectivity index (χ2n) is 4.13. The fourth-order valence-corrected chi connectivity index (χ4v) is 1.44. The molecule has 0 aliphatic heterocycles.